The zero-order chi connectivity index (χ0) is 47.9. The largest absolute Gasteiger partial charge is 0.488 e. The van der Waals surface area contributed by atoms with E-state index in [2.05, 4.69) is 0 Å². The Balaban J connectivity index is 0.000000383. The third-order valence-electron chi connectivity index (χ3n) is 12.7. The molecule has 2 amide bonds. The second-order valence-corrected chi connectivity index (χ2v) is 19.6. The minimum atomic E-state index is -1.34. The Bertz CT molecular complexity index is 1860. The lowest BCUT2D eigenvalue weighted by molar-refractivity contribution is -0.158. The van der Waals surface area contributed by atoms with Crippen molar-refractivity contribution in [1.82, 2.24) is 9.80 Å². The van der Waals surface area contributed by atoms with Crippen molar-refractivity contribution in [2.45, 2.75) is 158 Å². The first-order valence-electron chi connectivity index (χ1n) is 23.1. The highest BCUT2D eigenvalue weighted by atomic mass is 16.6. The number of likely N-dealkylation sites (tertiary alicyclic amines) is 1. The molecule has 374 valence electrons. The average Bonchev–Trinajstić information content (AvgIpc) is 4.13. The van der Waals surface area contributed by atoms with Gasteiger partial charge in [0.2, 0.25) is 11.8 Å². The van der Waals surface area contributed by atoms with Gasteiger partial charge in [0.25, 0.3) is 0 Å². The molecule has 15 nitrogen and oxygen atoms in total. The number of methoxy groups -OCH3 is 2. The number of hydrogen-bond acceptors (Lipinski definition) is 13. The first-order chi connectivity index (χ1) is 30.7. The van der Waals surface area contributed by atoms with Crippen LogP contribution in [-0.4, -0.2) is 121 Å². The van der Waals surface area contributed by atoms with Crippen LogP contribution >= 0.6 is 0 Å². The molecule has 2 saturated carbocycles. The van der Waals surface area contributed by atoms with E-state index in [0.717, 1.165) is 63.5 Å². The van der Waals surface area contributed by atoms with Crippen LogP contribution in [-0.2, 0) is 47.7 Å². The molecule has 2 saturated heterocycles. The van der Waals surface area contributed by atoms with E-state index < -0.39 is 47.8 Å². The number of ether oxygens (including phenoxy) is 4. The normalized spacial score (nSPS) is 19.2. The number of carbonyl (C=O) groups excluding carboxylic acids is 6. The standard InChI is InChI=1S/C24H34N2O5.C19H31NO5.C6H7BO2.2CH4/c1-24(2,3)19(14-21(27)31-18-12-8-9-13-18)22(28)26-16-25(15-20(26)23(29)30-4)17-10-6-5-7-11-17;1-19(2,3)14(12-16(21)25-13-8-5-6-9-13)17(22)20-11-7-10-15(20)18(23)24-4;8-7(9)6-4-2-1-3-5-6;;/h5-7,10-11,18-20H,8-9,12-16H2,1-4H3;13-15H,5-12H2,1-4H3;1-5,8-9H;2*1H4/t19-,20+;14-,15+;;;/m11.../s1. The maximum absolute atomic E-state index is 13.7. The van der Waals surface area contributed by atoms with Crippen LogP contribution in [0.1, 0.15) is 133 Å². The van der Waals surface area contributed by atoms with Gasteiger partial charge in [0.1, 0.15) is 24.3 Å². The maximum Gasteiger partial charge on any atom is 0.488 e. The number of nitrogens with zero attached hydrogens (tertiary/aromatic N) is 3. The predicted molar refractivity (Wildman–Crippen MR) is 260 cm³/mol. The highest BCUT2D eigenvalue weighted by Gasteiger charge is 2.46. The van der Waals surface area contributed by atoms with Gasteiger partial charge in [0, 0.05) is 12.2 Å². The molecule has 0 bridgehead atoms. The maximum atomic E-state index is 13.7. The van der Waals surface area contributed by atoms with Crippen molar-refractivity contribution in [3.63, 3.8) is 0 Å². The van der Waals surface area contributed by atoms with E-state index in [0.29, 0.717) is 25.0 Å². The van der Waals surface area contributed by atoms with E-state index in [1.54, 1.807) is 34.1 Å². The van der Waals surface area contributed by atoms with E-state index in [1.807, 2.05) is 82.8 Å². The summed E-state index contributed by atoms with van der Waals surface area (Å²) in [5, 5.41) is 17.2. The Morgan fingerprint density at radius 3 is 1.43 bits per heavy atom. The Morgan fingerprint density at radius 1 is 0.612 bits per heavy atom. The topological polar surface area (TPSA) is 190 Å². The second kappa shape index (κ2) is 27.1. The van der Waals surface area contributed by atoms with Crippen LogP contribution in [0.25, 0.3) is 0 Å². The fourth-order valence-electron chi connectivity index (χ4n) is 8.81. The van der Waals surface area contributed by atoms with Gasteiger partial charge in [-0.25, -0.2) is 9.59 Å². The van der Waals surface area contributed by atoms with Crippen molar-refractivity contribution in [1.29, 1.82) is 0 Å². The summed E-state index contributed by atoms with van der Waals surface area (Å²) in [6, 6.07) is 17.1. The van der Waals surface area contributed by atoms with Crippen LogP contribution in [0.4, 0.5) is 5.69 Å². The first kappa shape index (κ1) is 58.2. The fourth-order valence-corrected chi connectivity index (χ4v) is 8.81. The van der Waals surface area contributed by atoms with Crippen LogP contribution in [0.5, 0.6) is 0 Å². The van der Waals surface area contributed by atoms with Gasteiger partial charge >= 0.3 is 31.0 Å². The molecule has 2 aromatic rings. The molecule has 4 aliphatic rings. The molecule has 2 aromatic carbocycles. The predicted octanol–water partition coefficient (Wildman–Crippen LogP) is 6.70. The van der Waals surface area contributed by atoms with Gasteiger partial charge in [0.05, 0.1) is 52.1 Å². The van der Waals surface area contributed by atoms with Gasteiger partial charge in [-0.15, -0.1) is 0 Å². The summed E-state index contributed by atoms with van der Waals surface area (Å²) in [7, 11) is 1.33. The third kappa shape index (κ3) is 17.3. The first-order valence-corrected chi connectivity index (χ1v) is 23.1. The average molecular weight is 938 g/mol. The van der Waals surface area contributed by atoms with Gasteiger partial charge in [-0.05, 0) is 92.6 Å². The molecule has 6 rings (SSSR count). The zero-order valence-corrected chi connectivity index (χ0v) is 39.7. The van der Waals surface area contributed by atoms with E-state index in [9.17, 15) is 28.8 Å². The molecule has 2 N–H and O–H groups in total. The van der Waals surface area contributed by atoms with Crippen molar-refractivity contribution in [2.75, 3.05) is 38.9 Å². The summed E-state index contributed by atoms with van der Waals surface area (Å²) in [6.07, 6.45) is 9.35. The van der Waals surface area contributed by atoms with Gasteiger partial charge in [-0.3, -0.25) is 19.2 Å². The molecular weight excluding hydrogens is 857 g/mol. The van der Waals surface area contributed by atoms with Crippen LogP contribution < -0.4 is 10.4 Å². The summed E-state index contributed by atoms with van der Waals surface area (Å²) < 4.78 is 21.0. The SMILES string of the molecule is C.C.COC(=O)[C@@H]1CCCN1C(=O)[C@@H](CC(=O)OC1CCCC1)C(C)(C)C.COC(=O)[C@@H]1CN(c2ccccc2)CN1C(=O)[C@@H](CC(=O)OC1CCCC1)C(C)(C)C.OB(O)c1ccccc1. The molecule has 2 heterocycles. The summed E-state index contributed by atoms with van der Waals surface area (Å²) in [4.78, 5) is 81.3. The van der Waals surface area contributed by atoms with Gasteiger partial charge < -0.3 is 43.7 Å². The molecule has 16 heteroatoms. The second-order valence-electron chi connectivity index (χ2n) is 19.6. The van der Waals surface area contributed by atoms with Crippen molar-refractivity contribution < 1.29 is 57.8 Å². The lowest BCUT2D eigenvalue weighted by Gasteiger charge is -2.34. The molecule has 67 heavy (non-hydrogen) atoms. The monoisotopic (exact) mass is 938 g/mol. The van der Waals surface area contributed by atoms with Gasteiger partial charge in [-0.2, -0.15) is 0 Å². The van der Waals surface area contributed by atoms with Crippen molar-refractivity contribution in [3.05, 3.63) is 60.7 Å². The van der Waals surface area contributed by atoms with Gasteiger partial charge in [-0.1, -0.05) is 105 Å². The molecule has 0 aromatic heterocycles. The fraction of sp³-hybridized carbons (Fsp3) is 0.647. The lowest BCUT2D eigenvalue weighted by atomic mass is 9.77. The summed E-state index contributed by atoms with van der Waals surface area (Å²) >= 11 is 0. The number of carbonyl (C=O) groups is 6. The number of hydrogen-bond donors (Lipinski definition) is 2. The van der Waals surface area contributed by atoms with Crippen LogP contribution in [0.3, 0.4) is 0 Å². The highest BCUT2D eigenvalue weighted by molar-refractivity contribution is 6.58. The number of esters is 4. The minimum absolute atomic E-state index is 0. The Kier molecular flexibility index (Phi) is 23.6. The molecule has 0 radical (unpaired) electrons. The van der Waals surface area contributed by atoms with E-state index in [4.69, 9.17) is 29.0 Å². The Morgan fingerprint density at radius 2 is 1.03 bits per heavy atom. The molecular formula is C51H80BN3O12. The molecule has 4 atom stereocenters. The third-order valence-corrected chi connectivity index (χ3v) is 12.7. The minimum Gasteiger partial charge on any atom is -0.467 e. The van der Waals surface area contributed by atoms with Crippen LogP contribution in [0.2, 0.25) is 0 Å². The van der Waals surface area contributed by atoms with E-state index >= 15 is 0 Å². The number of amides is 2. The van der Waals surface area contributed by atoms with E-state index in [1.165, 1.54) is 14.2 Å². The highest BCUT2D eigenvalue weighted by Crippen LogP contribution is 2.36. The summed E-state index contributed by atoms with van der Waals surface area (Å²) in [6.45, 7) is 12.8. The molecule has 0 unspecified atom stereocenters. The Hall–Kier alpha value is -4.96. The Labute approximate surface area is 400 Å². The zero-order valence-electron chi connectivity index (χ0n) is 39.7. The van der Waals surface area contributed by atoms with E-state index in [-0.39, 0.29) is 76.3 Å². The molecule has 0 spiro atoms. The smallest absolute Gasteiger partial charge is 0.467 e. The lowest BCUT2D eigenvalue weighted by Crippen LogP contribution is -2.48. The number of benzene rings is 2. The number of anilines is 1. The molecule has 2 aliphatic carbocycles. The molecule has 2 aliphatic heterocycles. The van der Waals surface area contributed by atoms with Gasteiger partial charge in [0.15, 0.2) is 0 Å². The quantitative estimate of drug-likeness (QED) is 0.130. The summed E-state index contributed by atoms with van der Waals surface area (Å²) in [5.41, 5.74) is 0.596. The number of para-hydroxylation sites is 1. The summed E-state index contributed by atoms with van der Waals surface area (Å²) in [5.74, 6) is -2.95. The van der Waals surface area contributed by atoms with Crippen LogP contribution in [0, 0.1) is 22.7 Å². The molecule has 4 fully saturated rings. The van der Waals surface area contributed by atoms with Crippen molar-refractivity contribution >= 4 is 54.0 Å². The van der Waals surface area contributed by atoms with Crippen molar-refractivity contribution in [2.24, 2.45) is 22.7 Å². The van der Waals surface area contributed by atoms with Crippen LogP contribution in [0.15, 0.2) is 60.7 Å². The van der Waals surface area contributed by atoms with Crippen molar-refractivity contribution in [3.8, 4) is 0 Å². The number of rotatable bonds is 12.